The molecule has 1 aromatic rings. The van der Waals surface area contributed by atoms with Gasteiger partial charge in [-0.05, 0) is 25.5 Å². The number of nitro groups is 1. The van der Waals surface area contributed by atoms with E-state index in [2.05, 4.69) is 5.32 Å². The number of ether oxygens (including phenoxy) is 1. The zero-order valence-corrected chi connectivity index (χ0v) is 11.8. The van der Waals surface area contributed by atoms with Gasteiger partial charge in [0.25, 0.3) is 5.69 Å². The quantitative estimate of drug-likeness (QED) is 0.611. The van der Waals surface area contributed by atoms with Crippen LogP contribution < -0.4 is 15.8 Å². The molecule has 7 heteroatoms. The van der Waals surface area contributed by atoms with Gasteiger partial charge in [-0.3, -0.25) is 14.9 Å². The number of nitro benzene ring substituents is 1. The molecule has 1 aromatic carbocycles. The van der Waals surface area contributed by atoms with Crippen molar-refractivity contribution >= 4 is 17.3 Å². The first-order valence-electron chi connectivity index (χ1n) is 6.22. The van der Waals surface area contributed by atoms with Crippen molar-refractivity contribution in [1.82, 2.24) is 0 Å². The zero-order valence-electron chi connectivity index (χ0n) is 11.8. The number of carbonyl (C=O) groups is 1. The van der Waals surface area contributed by atoms with E-state index in [1.807, 2.05) is 6.92 Å². The monoisotopic (exact) mass is 281 g/mol. The molecule has 0 aromatic heterocycles. The highest BCUT2D eigenvalue weighted by atomic mass is 16.6. The van der Waals surface area contributed by atoms with E-state index < -0.39 is 10.3 Å². The summed E-state index contributed by atoms with van der Waals surface area (Å²) in [5.41, 5.74) is 4.76. The number of rotatable bonds is 6. The Morgan fingerprint density at radius 1 is 1.55 bits per heavy atom. The molecule has 3 N–H and O–H groups in total. The first-order valence-corrected chi connectivity index (χ1v) is 6.22. The van der Waals surface area contributed by atoms with Crippen LogP contribution >= 0.6 is 0 Å². The van der Waals surface area contributed by atoms with Crippen molar-refractivity contribution in [2.24, 2.45) is 11.1 Å². The molecule has 0 heterocycles. The number of hydrogen-bond acceptors (Lipinski definition) is 5. The molecule has 0 aliphatic rings. The number of nitrogens with one attached hydrogen (secondary N) is 1. The number of methoxy groups -OCH3 is 1. The molecule has 0 saturated carbocycles. The zero-order chi connectivity index (χ0) is 15.3. The fourth-order valence-electron chi connectivity index (χ4n) is 1.57. The summed E-state index contributed by atoms with van der Waals surface area (Å²) in [5, 5.41) is 13.6. The second-order valence-corrected chi connectivity index (χ2v) is 4.71. The van der Waals surface area contributed by atoms with Crippen molar-refractivity contribution in [3.05, 3.63) is 28.3 Å². The number of anilines is 1. The molecule has 1 atom stereocenters. The highest BCUT2D eigenvalue weighted by Gasteiger charge is 2.31. The van der Waals surface area contributed by atoms with Gasteiger partial charge in [-0.2, -0.15) is 0 Å². The van der Waals surface area contributed by atoms with Gasteiger partial charge in [0.15, 0.2) is 0 Å². The minimum atomic E-state index is -0.756. The number of hydrogen-bond donors (Lipinski definition) is 2. The van der Waals surface area contributed by atoms with Gasteiger partial charge in [-0.25, -0.2) is 0 Å². The van der Waals surface area contributed by atoms with Crippen LogP contribution in [0.3, 0.4) is 0 Å². The SMILES string of the molecule is CCC(C)(CN)C(=O)Nc1ccc(OC)cc1[N+](=O)[O-]. The molecule has 0 radical (unpaired) electrons. The van der Waals surface area contributed by atoms with Crippen LogP contribution in [0, 0.1) is 15.5 Å². The number of benzene rings is 1. The minimum Gasteiger partial charge on any atom is -0.496 e. The van der Waals surface area contributed by atoms with E-state index in [-0.39, 0.29) is 23.8 Å². The fraction of sp³-hybridized carbons (Fsp3) is 0.462. The van der Waals surface area contributed by atoms with Gasteiger partial charge in [-0.15, -0.1) is 0 Å². The highest BCUT2D eigenvalue weighted by Crippen LogP contribution is 2.31. The molecule has 1 unspecified atom stereocenters. The van der Waals surface area contributed by atoms with Gasteiger partial charge in [0.05, 0.1) is 23.5 Å². The first kappa shape index (κ1) is 15.9. The topological polar surface area (TPSA) is 107 Å². The molecule has 0 aliphatic heterocycles. The maximum atomic E-state index is 12.2. The molecule has 0 saturated heterocycles. The molecule has 0 aliphatic carbocycles. The molecule has 0 fully saturated rings. The van der Waals surface area contributed by atoms with Crippen LogP contribution in [0.4, 0.5) is 11.4 Å². The lowest BCUT2D eigenvalue weighted by atomic mass is 9.86. The van der Waals surface area contributed by atoms with Crippen molar-refractivity contribution in [3.63, 3.8) is 0 Å². The van der Waals surface area contributed by atoms with Crippen LogP contribution in [-0.4, -0.2) is 24.5 Å². The third-order valence-electron chi connectivity index (χ3n) is 3.43. The Bertz CT molecular complexity index is 512. The van der Waals surface area contributed by atoms with Gasteiger partial charge < -0.3 is 15.8 Å². The lowest BCUT2D eigenvalue weighted by molar-refractivity contribution is -0.384. The van der Waals surface area contributed by atoms with Crippen LogP contribution in [0.25, 0.3) is 0 Å². The standard InChI is InChI=1S/C13H19N3O4/c1-4-13(2,8-14)12(17)15-10-6-5-9(20-3)7-11(10)16(18)19/h5-7H,4,8,14H2,1-3H3,(H,15,17). The minimum absolute atomic E-state index is 0.133. The van der Waals surface area contributed by atoms with Crippen molar-refractivity contribution in [3.8, 4) is 5.75 Å². The average molecular weight is 281 g/mol. The predicted octanol–water partition coefficient (Wildman–Crippen LogP) is 1.92. The Balaban J connectivity index is 3.09. The molecule has 0 bridgehead atoms. The number of amides is 1. The Morgan fingerprint density at radius 2 is 2.20 bits per heavy atom. The second kappa shape index (κ2) is 6.33. The molecule has 20 heavy (non-hydrogen) atoms. The van der Waals surface area contributed by atoms with Gasteiger partial charge in [0.1, 0.15) is 11.4 Å². The van der Waals surface area contributed by atoms with E-state index in [4.69, 9.17) is 10.5 Å². The number of nitrogens with zero attached hydrogens (tertiary/aromatic N) is 1. The van der Waals surface area contributed by atoms with Crippen LogP contribution in [0.5, 0.6) is 5.75 Å². The Labute approximate surface area is 117 Å². The molecule has 1 rings (SSSR count). The normalized spacial score (nSPS) is 13.4. The van der Waals surface area contributed by atoms with E-state index in [1.54, 1.807) is 13.0 Å². The van der Waals surface area contributed by atoms with Gasteiger partial charge in [0, 0.05) is 6.54 Å². The summed E-state index contributed by atoms with van der Waals surface area (Å²) < 4.78 is 4.94. The summed E-state index contributed by atoms with van der Waals surface area (Å²) in [6.07, 6.45) is 0.541. The molecular weight excluding hydrogens is 262 g/mol. The smallest absolute Gasteiger partial charge is 0.296 e. The number of nitrogens with two attached hydrogens (primary N) is 1. The van der Waals surface area contributed by atoms with E-state index in [0.29, 0.717) is 12.2 Å². The third-order valence-corrected chi connectivity index (χ3v) is 3.43. The highest BCUT2D eigenvalue weighted by molar-refractivity contribution is 5.97. The predicted molar refractivity (Wildman–Crippen MR) is 75.7 cm³/mol. The lowest BCUT2D eigenvalue weighted by Crippen LogP contribution is -2.39. The van der Waals surface area contributed by atoms with E-state index >= 15 is 0 Å². The van der Waals surface area contributed by atoms with Crippen molar-refractivity contribution in [2.45, 2.75) is 20.3 Å². The summed E-state index contributed by atoms with van der Waals surface area (Å²) in [6.45, 7) is 3.73. The second-order valence-electron chi connectivity index (χ2n) is 4.71. The largest absolute Gasteiger partial charge is 0.496 e. The number of carbonyl (C=O) groups excluding carboxylic acids is 1. The third kappa shape index (κ3) is 3.24. The summed E-state index contributed by atoms with van der Waals surface area (Å²) >= 11 is 0. The maximum absolute atomic E-state index is 12.2. The Kier molecular flexibility index (Phi) is 5.04. The maximum Gasteiger partial charge on any atom is 0.296 e. The Hall–Kier alpha value is -2.15. The van der Waals surface area contributed by atoms with Crippen LogP contribution in [0.15, 0.2) is 18.2 Å². The van der Waals surface area contributed by atoms with E-state index in [9.17, 15) is 14.9 Å². The van der Waals surface area contributed by atoms with Crippen LogP contribution in [0.2, 0.25) is 0 Å². The molecule has 0 spiro atoms. The summed E-state index contributed by atoms with van der Waals surface area (Å²) in [5.74, 6) is 0.0162. The van der Waals surface area contributed by atoms with E-state index in [1.165, 1.54) is 19.2 Å². The lowest BCUT2D eigenvalue weighted by Gasteiger charge is -2.24. The fourth-order valence-corrected chi connectivity index (χ4v) is 1.57. The summed E-state index contributed by atoms with van der Waals surface area (Å²) in [4.78, 5) is 22.6. The molecular formula is C13H19N3O4. The summed E-state index contributed by atoms with van der Waals surface area (Å²) in [7, 11) is 1.42. The molecule has 1 amide bonds. The summed E-state index contributed by atoms with van der Waals surface area (Å²) in [6, 6.07) is 4.26. The van der Waals surface area contributed by atoms with Crippen LogP contribution in [-0.2, 0) is 4.79 Å². The van der Waals surface area contributed by atoms with Crippen molar-refractivity contribution in [1.29, 1.82) is 0 Å². The van der Waals surface area contributed by atoms with Gasteiger partial charge in [0.2, 0.25) is 5.91 Å². The average Bonchev–Trinajstić information content (AvgIpc) is 2.46. The molecule has 110 valence electrons. The molecule has 7 nitrogen and oxygen atoms in total. The van der Waals surface area contributed by atoms with Gasteiger partial charge >= 0.3 is 0 Å². The van der Waals surface area contributed by atoms with Crippen molar-refractivity contribution in [2.75, 3.05) is 19.0 Å². The van der Waals surface area contributed by atoms with Crippen molar-refractivity contribution < 1.29 is 14.5 Å². The van der Waals surface area contributed by atoms with E-state index in [0.717, 1.165) is 0 Å². The Morgan fingerprint density at radius 3 is 2.65 bits per heavy atom. The van der Waals surface area contributed by atoms with Crippen LogP contribution in [0.1, 0.15) is 20.3 Å². The first-order chi connectivity index (χ1) is 9.37. The van der Waals surface area contributed by atoms with Gasteiger partial charge in [-0.1, -0.05) is 6.92 Å².